The Kier molecular flexibility index (Phi) is 5.78. The van der Waals surface area contributed by atoms with E-state index in [0.717, 1.165) is 31.1 Å². The van der Waals surface area contributed by atoms with Crippen LogP contribution in [0.5, 0.6) is 0 Å². The van der Waals surface area contributed by atoms with Crippen LogP contribution in [0.15, 0.2) is 18.2 Å². The highest BCUT2D eigenvalue weighted by Gasteiger charge is 1.93. The van der Waals surface area contributed by atoms with E-state index in [4.69, 9.17) is 4.74 Å². The first-order valence-electron chi connectivity index (χ1n) is 5.49. The van der Waals surface area contributed by atoms with Gasteiger partial charge in [0.1, 0.15) is 5.82 Å². The number of nitrogens with zero attached hydrogens (tertiary/aromatic N) is 1. The topological polar surface area (TPSA) is 34.1 Å². The fourth-order valence-corrected chi connectivity index (χ4v) is 1.41. The minimum Gasteiger partial charge on any atom is -0.385 e. The van der Waals surface area contributed by atoms with Crippen LogP contribution in [0.3, 0.4) is 0 Å². The van der Waals surface area contributed by atoms with Crippen molar-refractivity contribution in [3.05, 3.63) is 23.9 Å². The SMILES string of the molecule is COCCCCCNc1cccc(C)n1. The standard InChI is InChI=1S/C12H20N2O/c1-11-7-6-8-12(14-11)13-9-4-3-5-10-15-2/h6-8H,3-5,9-10H2,1-2H3,(H,13,14). The highest BCUT2D eigenvalue weighted by Crippen LogP contribution is 2.04. The summed E-state index contributed by atoms with van der Waals surface area (Å²) >= 11 is 0. The Hall–Kier alpha value is -1.09. The van der Waals surface area contributed by atoms with E-state index in [1.807, 2.05) is 25.1 Å². The van der Waals surface area contributed by atoms with E-state index in [0.29, 0.717) is 0 Å². The minimum absolute atomic E-state index is 0.864. The van der Waals surface area contributed by atoms with Crippen LogP contribution < -0.4 is 5.32 Å². The first-order chi connectivity index (χ1) is 7.33. The van der Waals surface area contributed by atoms with Crippen molar-refractivity contribution in [2.75, 3.05) is 25.6 Å². The summed E-state index contributed by atoms with van der Waals surface area (Å²) in [6, 6.07) is 6.03. The quantitative estimate of drug-likeness (QED) is 0.699. The molecule has 0 fully saturated rings. The third-order valence-corrected chi connectivity index (χ3v) is 2.22. The predicted octanol–water partition coefficient (Wildman–Crippen LogP) is 2.62. The second-order valence-corrected chi connectivity index (χ2v) is 3.64. The summed E-state index contributed by atoms with van der Waals surface area (Å²) in [4.78, 5) is 4.37. The van der Waals surface area contributed by atoms with Gasteiger partial charge in [0, 0.05) is 26.0 Å². The maximum absolute atomic E-state index is 4.99. The third kappa shape index (κ3) is 5.37. The van der Waals surface area contributed by atoms with Gasteiger partial charge in [0.2, 0.25) is 0 Å². The number of anilines is 1. The number of hydrogen-bond acceptors (Lipinski definition) is 3. The summed E-state index contributed by atoms with van der Waals surface area (Å²) in [6.45, 7) is 3.85. The second-order valence-electron chi connectivity index (χ2n) is 3.64. The zero-order valence-electron chi connectivity index (χ0n) is 9.62. The zero-order valence-corrected chi connectivity index (χ0v) is 9.62. The van der Waals surface area contributed by atoms with Crippen molar-refractivity contribution in [2.45, 2.75) is 26.2 Å². The highest BCUT2D eigenvalue weighted by molar-refractivity contribution is 5.34. The summed E-state index contributed by atoms with van der Waals surface area (Å²) in [6.07, 6.45) is 3.51. The molecule has 15 heavy (non-hydrogen) atoms. The number of hydrogen-bond donors (Lipinski definition) is 1. The fourth-order valence-electron chi connectivity index (χ4n) is 1.41. The molecular weight excluding hydrogens is 188 g/mol. The normalized spacial score (nSPS) is 10.3. The Morgan fingerprint density at radius 1 is 1.27 bits per heavy atom. The van der Waals surface area contributed by atoms with Crippen LogP contribution in [-0.2, 0) is 4.74 Å². The molecule has 0 saturated heterocycles. The predicted molar refractivity (Wildman–Crippen MR) is 63.2 cm³/mol. The smallest absolute Gasteiger partial charge is 0.126 e. The van der Waals surface area contributed by atoms with Crippen LogP contribution in [0.25, 0.3) is 0 Å². The maximum Gasteiger partial charge on any atom is 0.126 e. The van der Waals surface area contributed by atoms with Crippen LogP contribution in [0.2, 0.25) is 0 Å². The molecule has 0 bridgehead atoms. The molecule has 1 aromatic heterocycles. The molecule has 1 rings (SSSR count). The molecule has 1 heterocycles. The number of methoxy groups -OCH3 is 1. The molecule has 0 spiro atoms. The van der Waals surface area contributed by atoms with Gasteiger partial charge in [-0.2, -0.15) is 0 Å². The second kappa shape index (κ2) is 7.23. The van der Waals surface area contributed by atoms with E-state index in [1.165, 1.54) is 12.8 Å². The Morgan fingerprint density at radius 3 is 2.87 bits per heavy atom. The molecule has 0 aliphatic rings. The molecule has 0 atom stereocenters. The fraction of sp³-hybridized carbons (Fsp3) is 0.583. The first-order valence-corrected chi connectivity index (χ1v) is 5.49. The Morgan fingerprint density at radius 2 is 2.13 bits per heavy atom. The zero-order chi connectivity index (χ0) is 10.9. The van der Waals surface area contributed by atoms with Gasteiger partial charge in [0.25, 0.3) is 0 Å². The van der Waals surface area contributed by atoms with Crippen molar-refractivity contribution >= 4 is 5.82 Å². The van der Waals surface area contributed by atoms with Gasteiger partial charge >= 0.3 is 0 Å². The molecule has 0 aliphatic carbocycles. The van der Waals surface area contributed by atoms with Gasteiger partial charge in [-0.15, -0.1) is 0 Å². The first kappa shape index (κ1) is 12.0. The highest BCUT2D eigenvalue weighted by atomic mass is 16.5. The van der Waals surface area contributed by atoms with Crippen LogP contribution in [0.4, 0.5) is 5.82 Å². The average molecular weight is 208 g/mol. The van der Waals surface area contributed by atoms with Gasteiger partial charge in [0.15, 0.2) is 0 Å². The van der Waals surface area contributed by atoms with Crippen molar-refractivity contribution in [3.63, 3.8) is 0 Å². The van der Waals surface area contributed by atoms with Crippen molar-refractivity contribution < 1.29 is 4.74 Å². The van der Waals surface area contributed by atoms with Crippen LogP contribution in [0.1, 0.15) is 25.0 Å². The molecule has 1 aromatic rings. The lowest BCUT2D eigenvalue weighted by Gasteiger charge is -2.05. The van der Waals surface area contributed by atoms with Crippen LogP contribution in [0, 0.1) is 6.92 Å². The Labute approximate surface area is 91.9 Å². The van der Waals surface area contributed by atoms with Gasteiger partial charge < -0.3 is 10.1 Å². The van der Waals surface area contributed by atoms with E-state index < -0.39 is 0 Å². The summed E-state index contributed by atoms with van der Waals surface area (Å²) in [5.74, 6) is 0.974. The summed E-state index contributed by atoms with van der Waals surface area (Å²) in [5, 5.41) is 3.31. The summed E-state index contributed by atoms with van der Waals surface area (Å²) in [7, 11) is 1.74. The van der Waals surface area contributed by atoms with Gasteiger partial charge in [-0.1, -0.05) is 6.07 Å². The van der Waals surface area contributed by atoms with Crippen LogP contribution >= 0.6 is 0 Å². The van der Waals surface area contributed by atoms with Crippen molar-refractivity contribution in [3.8, 4) is 0 Å². The molecular formula is C12H20N2O. The molecule has 1 N–H and O–H groups in total. The van der Waals surface area contributed by atoms with Crippen molar-refractivity contribution in [1.29, 1.82) is 0 Å². The average Bonchev–Trinajstić information content (AvgIpc) is 2.23. The molecule has 3 heteroatoms. The molecule has 0 amide bonds. The maximum atomic E-state index is 4.99. The number of aryl methyl sites for hydroxylation is 1. The Balaban J connectivity index is 2.10. The molecule has 0 unspecified atom stereocenters. The number of pyridine rings is 1. The lowest BCUT2D eigenvalue weighted by atomic mass is 10.2. The number of rotatable bonds is 7. The lowest BCUT2D eigenvalue weighted by molar-refractivity contribution is 0.192. The van der Waals surface area contributed by atoms with E-state index in [2.05, 4.69) is 10.3 Å². The molecule has 0 aliphatic heterocycles. The monoisotopic (exact) mass is 208 g/mol. The van der Waals surface area contributed by atoms with Crippen molar-refractivity contribution in [1.82, 2.24) is 4.98 Å². The third-order valence-electron chi connectivity index (χ3n) is 2.22. The van der Waals surface area contributed by atoms with Crippen molar-refractivity contribution in [2.24, 2.45) is 0 Å². The molecule has 0 saturated carbocycles. The van der Waals surface area contributed by atoms with E-state index >= 15 is 0 Å². The van der Waals surface area contributed by atoms with E-state index in [-0.39, 0.29) is 0 Å². The molecule has 0 radical (unpaired) electrons. The van der Waals surface area contributed by atoms with E-state index in [1.54, 1.807) is 7.11 Å². The number of nitrogens with one attached hydrogen (secondary N) is 1. The van der Waals surface area contributed by atoms with Gasteiger partial charge in [-0.25, -0.2) is 4.98 Å². The number of unbranched alkanes of at least 4 members (excludes halogenated alkanes) is 2. The molecule has 0 aromatic carbocycles. The Bertz CT molecular complexity index is 276. The summed E-state index contributed by atoms with van der Waals surface area (Å²) in [5.41, 5.74) is 1.05. The molecule has 84 valence electrons. The van der Waals surface area contributed by atoms with E-state index in [9.17, 15) is 0 Å². The van der Waals surface area contributed by atoms with Crippen LogP contribution in [-0.4, -0.2) is 25.2 Å². The number of ether oxygens (including phenoxy) is 1. The van der Waals surface area contributed by atoms with Gasteiger partial charge in [-0.05, 0) is 38.3 Å². The summed E-state index contributed by atoms with van der Waals surface area (Å²) < 4.78 is 4.99. The van der Waals surface area contributed by atoms with Gasteiger partial charge in [0.05, 0.1) is 0 Å². The number of aromatic nitrogens is 1. The van der Waals surface area contributed by atoms with Gasteiger partial charge in [-0.3, -0.25) is 0 Å². The largest absolute Gasteiger partial charge is 0.385 e. The minimum atomic E-state index is 0.864. The molecule has 3 nitrogen and oxygen atoms in total. The lowest BCUT2D eigenvalue weighted by Crippen LogP contribution is -2.04.